The second kappa shape index (κ2) is 5.40. The summed E-state index contributed by atoms with van der Waals surface area (Å²) < 4.78 is 0. The van der Waals surface area contributed by atoms with Gasteiger partial charge in [-0.3, -0.25) is 4.79 Å². The minimum absolute atomic E-state index is 0.0270. The van der Waals surface area contributed by atoms with Crippen LogP contribution in [0.25, 0.3) is 10.8 Å². The molecule has 0 saturated heterocycles. The van der Waals surface area contributed by atoms with Crippen LogP contribution in [0, 0.1) is 17.8 Å². The summed E-state index contributed by atoms with van der Waals surface area (Å²) in [6.07, 6.45) is 3.53. The van der Waals surface area contributed by atoms with E-state index in [4.69, 9.17) is 5.73 Å². The van der Waals surface area contributed by atoms with Gasteiger partial charge in [0.25, 0.3) is 0 Å². The molecule has 2 aliphatic carbocycles. The molecule has 0 heterocycles. The number of amides is 1. The van der Waals surface area contributed by atoms with Gasteiger partial charge in [0, 0.05) is 12.6 Å². The summed E-state index contributed by atoms with van der Waals surface area (Å²) in [5, 5.41) is 5.55. The van der Waals surface area contributed by atoms with E-state index >= 15 is 0 Å². The Morgan fingerprint density at radius 2 is 1.86 bits per heavy atom. The third-order valence-corrected chi connectivity index (χ3v) is 5.56. The van der Waals surface area contributed by atoms with Gasteiger partial charge >= 0.3 is 0 Å². The maximum absolute atomic E-state index is 12.5. The third-order valence-electron chi connectivity index (χ3n) is 5.56. The van der Waals surface area contributed by atoms with Gasteiger partial charge in [0.2, 0.25) is 5.91 Å². The molecule has 0 radical (unpaired) electrons. The average molecular weight is 294 g/mol. The first-order valence-corrected chi connectivity index (χ1v) is 8.23. The average Bonchev–Trinajstić information content (AvgIpc) is 3.13. The highest BCUT2D eigenvalue weighted by Crippen LogP contribution is 2.47. The van der Waals surface area contributed by atoms with E-state index in [-0.39, 0.29) is 17.9 Å². The Kier molecular flexibility index (Phi) is 3.38. The number of fused-ring (bicyclic) bond motifs is 3. The number of carbonyl (C=O) groups excluding carboxylic acids is 1. The summed E-state index contributed by atoms with van der Waals surface area (Å²) in [6, 6.07) is 14.7. The van der Waals surface area contributed by atoms with E-state index in [1.807, 2.05) is 12.1 Å². The number of nitrogens with two attached hydrogens (primary N) is 1. The summed E-state index contributed by atoms with van der Waals surface area (Å²) in [4.78, 5) is 12.5. The molecule has 3 nitrogen and oxygen atoms in total. The predicted octanol–water partition coefficient (Wildman–Crippen LogP) is 2.83. The number of hydrogen-bond acceptors (Lipinski definition) is 2. The van der Waals surface area contributed by atoms with E-state index in [2.05, 4.69) is 35.6 Å². The SMILES string of the molecule is NC1C2CCC(C2)C1C(=O)NCc1ccc2ccccc2c1. The first kappa shape index (κ1) is 13.8. The van der Waals surface area contributed by atoms with Crippen LogP contribution in [0.15, 0.2) is 42.5 Å². The summed E-state index contributed by atoms with van der Waals surface area (Å²) >= 11 is 0. The van der Waals surface area contributed by atoms with Gasteiger partial charge in [-0.2, -0.15) is 0 Å². The molecule has 3 N–H and O–H groups in total. The van der Waals surface area contributed by atoms with E-state index in [0.29, 0.717) is 18.4 Å². The monoisotopic (exact) mass is 294 g/mol. The highest BCUT2D eigenvalue weighted by Gasteiger charge is 2.48. The van der Waals surface area contributed by atoms with Gasteiger partial charge in [0.15, 0.2) is 0 Å². The van der Waals surface area contributed by atoms with Crippen molar-refractivity contribution in [3.8, 4) is 0 Å². The van der Waals surface area contributed by atoms with E-state index in [1.54, 1.807) is 0 Å². The van der Waals surface area contributed by atoms with Crippen LogP contribution in [0.2, 0.25) is 0 Å². The smallest absolute Gasteiger partial charge is 0.225 e. The lowest BCUT2D eigenvalue weighted by molar-refractivity contribution is -0.127. The molecule has 2 fully saturated rings. The lowest BCUT2D eigenvalue weighted by Gasteiger charge is -2.27. The van der Waals surface area contributed by atoms with Crippen LogP contribution in [0.4, 0.5) is 0 Å². The molecule has 2 saturated carbocycles. The van der Waals surface area contributed by atoms with Gasteiger partial charge < -0.3 is 11.1 Å². The molecule has 2 aromatic rings. The molecule has 4 rings (SSSR count). The minimum atomic E-state index is 0.0270. The van der Waals surface area contributed by atoms with Crippen LogP contribution >= 0.6 is 0 Å². The van der Waals surface area contributed by atoms with Crippen molar-refractivity contribution in [1.82, 2.24) is 5.32 Å². The zero-order chi connectivity index (χ0) is 15.1. The van der Waals surface area contributed by atoms with Gasteiger partial charge in [-0.15, -0.1) is 0 Å². The van der Waals surface area contributed by atoms with Crippen LogP contribution in [-0.2, 0) is 11.3 Å². The van der Waals surface area contributed by atoms with Gasteiger partial charge in [0.05, 0.1) is 5.92 Å². The van der Waals surface area contributed by atoms with Crippen molar-refractivity contribution in [2.45, 2.75) is 31.8 Å². The van der Waals surface area contributed by atoms with Gasteiger partial charge in [-0.25, -0.2) is 0 Å². The van der Waals surface area contributed by atoms with Crippen molar-refractivity contribution in [3.63, 3.8) is 0 Å². The van der Waals surface area contributed by atoms with Crippen LogP contribution in [-0.4, -0.2) is 11.9 Å². The van der Waals surface area contributed by atoms with E-state index in [0.717, 1.165) is 12.0 Å². The number of rotatable bonds is 3. The van der Waals surface area contributed by atoms with Crippen molar-refractivity contribution < 1.29 is 4.79 Å². The molecule has 4 unspecified atom stereocenters. The van der Waals surface area contributed by atoms with E-state index < -0.39 is 0 Å². The summed E-state index contributed by atoms with van der Waals surface area (Å²) in [6.45, 7) is 0.588. The molecular formula is C19H22N2O. The van der Waals surface area contributed by atoms with Crippen molar-refractivity contribution in [3.05, 3.63) is 48.0 Å². The Morgan fingerprint density at radius 1 is 1.09 bits per heavy atom. The van der Waals surface area contributed by atoms with E-state index in [1.165, 1.54) is 23.6 Å². The summed E-state index contributed by atoms with van der Waals surface area (Å²) in [5.41, 5.74) is 7.39. The van der Waals surface area contributed by atoms with Gasteiger partial charge in [-0.05, 0) is 53.5 Å². The maximum atomic E-state index is 12.5. The summed E-state index contributed by atoms with van der Waals surface area (Å²) in [5.74, 6) is 1.25. The third kappa shape index (κ3) is 2.30. The van der Waals surface area contributed by atoms with Crippen molar-refractivity contribution in [2.24, 2.45) is 23.5 Å². The quantitative estimate of drug-likeness (QED) is 0.914. The van der Waals surface area contributed by atoms with Crippen molar-refractivity contribution in [1.29, 1.82) is 0 Å². The van der Waals surface area contributed by atoms with Gasteiger partial charge in [-0.1, -0.05) is 36.4 Å². The zero-order valence-corrected chi connectivity index (χ0v) is 12.7. The van der Waals surface area contributed by atoms with Crippen LogP contribution in [0.3, 0.4) is 0 Å². The highest BCUT2D eigenvalue weighted by molar-refractivity contribution is 5.83. The van der Waals surface area contributed by atoms with E-state index in [9.17, 15) is 4.79 Å². The first-order chi connectivity index (χ1) is 10.7. The normalized spacial score (nSPS) is 29.9. The number of benzene rings is 2. The van der Waals surface area contributed by atoms with Crippen LogP contribution < -0.4 is 11.1 Å². The molecule has 2 aliphatic rings. The molecule has 1 amide bonds. The molecule has 22 heavy (non-hydrogen) atoms. The molecule has 3 heteroatoms. The fraction of sp³-hybridized carbons (Fsp3) is 0.421. The highest BCUT2D eigenvalue weighted by atomic mass is 16.1. The lowest BCUT2D eigenvalue weighted by Crippen LogP contribution is -2.45. The molecule has 0 aliphatic heterocycles. The number of nitrogens with one attached hydrogen (secondary N) is 1. The van der Waals surface area contributed by atoms with Crippen molar-refractivity contribution in [2.75, 3.05) is 0 Å². The second-order valence-corrected chi connectivity index (χ2v) is 6.84. The molecule has 4 atom stereocenters. The topological polar surface area (TPSA) is 55.1 Å². The lowest BCUT2D eigenvalue weighted by atomic mass is 9.84. The van der Waals surface area contributed by atoms with Crippen molar-refractivity contribution >= 4 is 16.7 Å². The molecule has 0 spiro atoms. The molecule has 2 aromatic carbocycles. The second-order valence-electron chi connectivity index (χ2n) is 6.84. The Labute approximate surface area is 130 Å². The standard InChI is InChI=1S/C19H22N2O/c20-18-16-8-7-15(10-16)17(18)19(22)21-11-12-5-6-13-3-1-2-4-14(13)9-12/h1-6,9,15-18H,7-8,10-11,20H2,(H,21,22). The van der Waals surface area contributed by atoms with Crippen LogP contribution in [0.1, 0.15) is 24.8 Å². The first-order valence-electron chi connectivity index (χ1n) is 8.23. The summed E-state index contributed by atoms with van der Waals surface area (Å²) in [7, 11) is 0. The molecule has 114 valence electrons. The Balaban J connectivity index is 1.44. The number of carbonyl (C=O) groups is 1. The van der Waals surface area contributed by atoms with Crippen LogP contribution in [0.5, 0.6) is 0 Å². The van der Waals surface area contributed by atoms with Gasteiger partial charge in [0.1, 0.15) is 0 Å². The zero-order valence-electron chi connectivity index (χ0n) is 12.7. The fourth-order valence-electron chi connectivity index (χ4n) is 4.38. The molecule has 0 aromatic heterocycles. The molecular weight excluding hydrogens is 272 g/mol. The Bertz CT molecular complexity index is 709. The number of hydrogen-bond donors (Lipinski definition) is 2. The molecule has 2 bridgehead atoms. The largest absolute Gasteiger partial charge is 0.352 e. The predicted molar refractivity (Wildman–Crippen MR) is 88.1 cm³/mol. The maximum Gasteiger partial charge on any atom is 0.225 e. The Hall–Kier alpha value is -1.87. The fourth-order valence-corrected chi connectivity index (χ4v) is 4.38. The minimum Gasteiger partial charge on any atom is -0.352 e. The Morgan fingerprint density at radius 3 is 2.64 bits per heavy atom.